The Labute approximate surface area is 84.2 Å². The molecule has 1 rings (SSSR count). The average Bonchev–Trinajstić information content (AvgIpc) is 2.97. The molecule has 0 bridgehead atoms. The largest absolute Gasteiger partial charge is 0.449 e. The maximum Gasteiger partial charge on any atom is 0.410 e. The van der Waals surface area contributed by atoms with Crippen molar-refractivity contribution in [2.45, 2.75) is 38.1 Å². The molecule has 1 fully saturated rings. The van der Waals surface area contributed by atoms with Gasteiger partial charge in [0.2, 0.25) is 0 Å². The minimum absolute atomic E-state index is 0.386. The second-order valence-corrected chi connectivity index (χ2v) is 3.75. The van der Waals surface area contributed by atoms with Crippen molar-refractivity contribution in [3.05, 3.63) is 0 Å². The van der Waals surface area contributed by atoms with Crippen LogP contribution in [0.5, 0.6) is 0 Å². The van der Waals surface area contributed by atoms with Crippen LogP contribution in [0.15, 0.2) is 0 Å². The van der Waals surface area contributed by atoms with Crippen LogP contribution in [-0.2, 0) is 9.53 Å². The smallest absolute Gasteiger partial charge is 0.410 e. The minimum atomic E-state index is -0.552. The van der Waals surface area contributed by atoms with E-state index in [1.165, 1.54) is 4.90 Å². The molecule has 0 aromatic heterocycles. The van der Waals surface area contributed by atoms with E-state index in [4.69, 9.17) is 4.74 Å². The Balaban J connectivity index is 2.33. The Bertz CT molecular complexity index is 223. The van der Waals surface area contributed by atoms with Crippen LogP contribution in [0.1, 0.15) is 32.6 Å². The number of rotatable bonds is 5. The molecule has 0 atom stereocenters. The van der Waals surface area contributed by atoms with Crippen molar-refractivity contribution in [1.29, 1.82) is 0 Å². The maximum absolute atomic E-state index is 11.4. The molecule has 0 spiro atoms. The zero-order valence-corrected chi connectivity index (χ0v) is 8.78. The van der Waals surface area contributed by atoms with Crippen LogP contribution in [0, 0.1) is 0 Å². The van der Waals surface area contributed by atoms with Crippen LogP contribution in [0.25, 0.3) is 0 Å². The van der Waals surface area contributed by atoms with Crippen molar-refractivity contribution in [3.63, 3.8) is 0 Å². The van der Waals surface area contributed by atoms with Gasteiger partial charge in [0.1, 0.15) is 11.8 Å². The van der Waals surface area contributed by atoms with Gasteiger partial charge in [-0.2, -0.15) is 0 Å². The Morgan fingerprint density at radius 2 is 2.21 bits per heavy atom. The molecule has 1 amide bonds. The molecule has 0 saturated heterocycles. The molecule has 14 heavy (non-hydrogen) atoms. The van der Waals surface area contributed by atoms with Gasteiger partial charge in [-0.1, -0.05) is 13.3 Å². The number of amides is 1. The van der Waals surface area contributed by atoms with E-state index in [2.05, 4.69) is 0 Å². The van der Waals surface area contributed by atoms with E-state index in [0.29, 0.717) is 6.61 Å². The number of nitrogens with zero attached hydrogens (tertiary/aromatic N) is 1. The highest BCUT2D eigenvalue weighted by Gasteiger charge is 2.49. The van der Waals surface area contributed by atoms with E-state index in [9.17, 15) is 9.59 Å². The number of carbonyl (C=O) groups excluding carboxylic acids is 2. The third kappa shape index (κ3) is 2.25. The number of aldehydes is 1. The van der Waals surface area contributed by atoms with Crippen LogP contribution < -0.4 is 0 Å². The van der Waals surface area contributed by atoms with Crippen molar-refractivity contribution >= 4 is 12.4 Å². The van der Waals surface area contributed by atoms with Crippen molar-refractivity contribution in [3.8, 4) is 0 Å². The molecule has 0 radical (unpaired) electrons. The average molecular weight is 199 g/mol. The van der Waals surface area contributed by atoms with Gasteiger partial charge in [-0.15, -0.1) is 0 Å². The van der Waals surface area contributed by atoms with Crippen molar-refractivity contribution in [2.24, 2.45) is 0 Å². The second kappa shape index (κ2) is 4.44. The van der Waals surface area contributed by atoms with Gasteiger partial charge < -0.3 is 9.53 Å². The molecule has 4 heteroatoms. The summed E-state index contributed by atoms with van der Waals surface area (Å²) in [5.41, 5.74) is -0.552. The number of hydrogen-bond donors (Lipinski definition) is 0. The summed E-state index contributed by atoms with van der Waals surface area (Å²) in [5.74, 6) is 0. The Kier molecular flexibility index (Phi) is 3.49. The third-order valence-corrected chi connectivity index (χ3v) is 2.65. The summed E-state index contributed by atoms with van der Waals surface area (Å²) in [6.07, 6.45) is 3.84. The fourth-order valence-electron chi connectivity index (χ4n) is 1.24. The zero-order chi connectivity index (χ0) is 10.6. The summed E-state index contributed by atoms with van der Waals surface area (Å²) >= 11 is 0. The first-order valence-corrected chi connectivity index (χ1v) is 5.03. The molecule has 0 N–H and O–H groups in total. The normalized spacial score (nSPS) is 17.3. The van der Waals surface area contributed by atoms with Crippen LogP contribution in [0.4, 0.5) is 4.79 Å². The van der Waals surface area contributed by atoms with Crippen molar-refractivity contribution in [2.75, 3.05) is 13.7 Å². The molecular formula is C10H17NO3. The van der Waals surface area contributed by atoms with Gasteiger partial charge in [-0.25, -0.2) is 4.79 Å². The standard InChI is InChI=1S/C10H17NO3/c1-3-4-7-14-9(13)11(2)10(8-12)5-6-10/h8H,3-7H2,1-2H3. The molecule has 1 saturated carbocycles. The summed E-state index contributed by atoms with van der Waals surface area (Å²) in [7, 11) is 1.62. The molecule has 0 aromatic rings. The Hall–Kier alpha value is -1.06. The molecule has 0 heterocycles. The van der Waals surface area contributed by atoms with E-state index in [1.807, 2.05) is 6.92 Å². The summed E-state index contributed by atoms with van der Waals surface area (Å²) in [6.45, 7) is 2.47. The van der Waals surface area contributed by atoms with Crippen LogP contribution in [-0.4, -0.2) is 36.5 Å². The lowest BCUT2D eigenvalue weighted by atomic mass is 10.3. The van der Waals surface area contributed by atoms with Gasteiger partial charge in [0.25, 0.3) is 0 Å². The molecule has 0 aliphatic heterocycles. The van der Waals surface area contributed by atoms with Gasteiger partial charge in [0.15, 0.2) is 0 Å². The molecule has 1 aliphatic carbocycles. The maximum atomic E-state index is 11.4. The van der Waals surface area contributed by atoms with E-state index in [1.54, 1.807) is 7.05 Å². The van der Waals surface area contributed by atoms with Crippen LogP contribution in [0.2, 0.25) is 0 Å². The van der Waals surface area contributed by atoms with Gasteiger partial charge in [-0.3, -0.25) is 4.90 Å². The summed E-state index contributed by atoms with van der Waals surface area (Å²) in [6, 6.07) is 0. The zero-order valence-electron chi connectivity index (χ0n) is 8.78. The van der Waals surface area contributed by atoms with Gasteiger partial charge >= 0.3 is 6.09 Å². The predicted molar refractivity (Wildman–Crippen MR) is 52.0 cm³/mol. The third-order valence-electron chi connectivity index (χ3n) is 2.65. The van der Waals surface area contributed by atoms with Crippen LogP contribution >= 0.6 is 0 Å². The van der Waals surface area contributed by atoms with Gasteiger partial charge in [0, 0.05) is 7.05 Å². The molecular weight excluding hydrogens is 182 g/mol. The highest BCUT2D eigenvalue weighted by molar-refractivity contribution is 5.79. The number of carbonyl (C=O) groups is 2. The SMILES string of the molecule is CCCCOC(=O)N(C)C1(C=O)CC1. The van der Waals surface area contributed by atoms with E-state index < -0.39 is 5.54 Å². The second-order valence-electron chi connectivity index (χ2n) is 3.75. The summed E-state index contributed by atoms with van der Waals surface area (Å²) in [5, 5.41) is 0. The minimum Gasteiger partial charge on any atom is -0.449 e. The molecule has 80 valence electrons. The molecule has 0 unspecified atom stereocenters. The fraction of sp³-hybridized carbons (Fsp3) is 0.800. The van der Waals surface area contributed by atoms with Crippen molar-refractivity contribution < 1.29 is 14.3 Å². The molecule has 0 aromatic carbocycles. The lowest BCUT2D eigenvalue weighted by Crippen LogP contribution is -2.40. The highest BCUT2D eigenvalue weighted by atomic mass is 16.6. The Morgan fingerprint density at radius 1 is 1.57 bits per heavy atom. The first-order valence-electron chi connectivity index (χ1n) is 5.03. The van der Waals surface area contributed by atoms with E-state index in [-0.39, 0.29) is 6.09 Å². The lowest BCUT2D eigenvalue weighted by molar-refractivity contribution is -0.112. The summed E-state index contributed by atoms with van der Waals surface area (Å²) < 4.78 is 5.00. The topological polar surface area (TPSA) is 46.6 Å². The fourth-order valence-corrected chi connectivity index (χ4v) is 1.24. The predicted octanol–water partition coefficient (Wildman–Crippen LogP) is 1.59. The number of hydrogen-bond acceptors (Lipinski definition) is 3. The number of ether oxygens (including phenoxy) is 1. The first kappa shape index (κ1) is 11.0. The Morgan fingerprint density at radius 3 is 2.64 bits per heavy atom. The number of likely N-dealkylation sites (N-methyl/N-ethyl adjacent to an activating group) is 1. The molecule has 4 nitrogen and oxygen atoms in total. The number of unbranched alkanes of at least 4 members (excludes halogenated alkanes) is 1. The van der Waals surface area contributed by atoms with E-state index >= 15 is 0 Å². The van der Waals surface area contributed by atoms with Gasteiger partial charge in [-0.05, 0) is 19.3 Å². The molecule has 1 aliphatic rings. The summed E-state index contributed by atoms with van der Waals surface area (Å²) in [4.78, 5) is 23.5. The highest BCUT2D eigenvalue weighted by Crippen LogP contribution is 2.38. The lowest BCUT2D eigenvalue weighted by Gasteiger charge is -2.22. The van der Waals surface area contributed by atoms with E-state index in [0.717, 1.165) is 32.0 Å². The van der Waals surface area contributed by atoms with Crippen molar-refractivity contribution in [1.82, 2.24) is 4.90 Å². The quantitative estimate of drug-likeness (QED) is 0.499. The monoisotopic (exact) mass is 199 g/mol. The van der Waals surface area contributed by atoms with Crippen LogP contribution in [0.3, 0.4) is 0 Å². The van der Waals surface area contributed by atoms with Gasteiger partial charge in [0.05, 0.1) is 6.61 Å². The first-order chi connectivity index (χ1) is 6.66.